The number of non-ortho nitro benzene ring substituents is 1. The largest absolute Gasteiger partial charge is 0.341 e. The van der Waals surface area contributed by atoms with Crippen LogP contribution in [-0.4, -0.2) is 36.8 Å². The first kappa shape index (κ1) is 19.5. The summed E-state index contributed by atoms with van der Waals surface area (Å²) >= 11 is 7.96. The maximum Gasteiger partial charge on any atom is 0.271 e. The van der Waals surface area contributed by atoms with Gasteiger partial charge >= 0.3 is 0 Å². The Labute approximate surface area is 184 Å². The number of rotatable bonds is 5. The van der Waals surface area contributed by atoms with Crippen LogP contribution < -0.4 is 15.5 Å². The van der Waals surface area contributed by atoms with Crippen LogP contribution in [0.3, 0.4) is 0 Å². The van der Waals surface area contributed by atoms with Crippen LogP contribution in [0.15, 0.2) is 65.1 Å². The summed E-state index contributed by atoms with van der Waals surface area (Å²) < 4.78 is 0. The lowest BCUT2D eigenvalue weighted by Gasteiger charge is -2.30. The molecule has 0 spiro atoms. The number of nitro benzene ring substituents is 1. The molecule has 9 nitrogen and oxygen atoms in total. The van der Waals surface area contributed by atoms with Crippen molar-refractivity contribution in [3.63, 3.8) is 0 Å². The van der Waals surface area contributed by atoms with Crippen molar-refractivity contribution in [3.05, 3.63) is 80.8 Å². The highest BCUT2D eigenvalue weighted by Gasteiger charge is 2.23. The van der Waals surface area contributed by atoms with E-state index in [0.29, 0.717) is 21.8 Å². The number of aromatic nitrogens is 4. The van der Waals surface area contributed by atoms with Gasteiger partial charge in [-0.25, -0.2) is 15.0 Å². The molecule has 1 aliphatic heterocycles. The zero-order valence-electron chi connectivity index (χ0n) is 15.8. The number of halogens is 1. The van der Waals surface area contributed by atoms with Gasteiger partial charge in [-0.15, -0.1) is 0 Å². The van der Waals surface area contributed by atoms with Crippen molar-refractivity contribution < 1.29 is 4.92 Å². The third kappa shape index (κ3) is 3.71. The first-order valence-electron chi connectivity index (χ1n) is 9.24. The highest BCUT2D eigenvalue weighted by molar-refractivity contribution is 7.99. The molecule has 31 heavy (non-hydrogen) atoms. The highest BCUT2D eigenvalue weighted by Crippen LogP contribution is 2.31. The minimum atomic E-state index is -0.421. The van der Waals surface area contributed by atoms with Crippen molar-refractivity contribution in [1.29, 1.82) is 0 Å². The number of H-pyrrole nitrogens is 1. The number of hydrogen-bond donors (Lipinski definition) is 1. The first-order chi connectivity index (χ1) is 15.1. The van der Waals surface area contributed by atoms with Crippen LogP contribution in [0.4, 0.5) is 11.4 Å². The molecule has 2 aromatic heterocycles. The Morgan fingerprint density at radius 3 is 2.90 bits per heavy atom. The Morgan fingerprint density at radius 1 is 1.19 bits per heavy atom. The Morgan fingerprint density at radius 2 is 2.06 bits per heavy atom. The molecule has 0 saturated heterocycles. The van der Waals surface area contributed by atoms with E-state index in [1.807, 2.05) is 35.4 Å². The van der Waals surface area contributed by atoms with Gasteiger partial charge in [0.25, 0.3) is 5.69 Å². The molecule has 0 bridgehead atoms. The summed E-state index contributed by atoms with van der Waals surface area (Å²) in [5.74, 6) is 0.523. The monoisotopic (exact) mass is 451 g/mol. The van der Waals surface area contributed by atoms with Crippen LogP contribution >= 0.6 is 23.4 Å². The standard InChI is InChI=1S/C20H14ClN7O2S/c21-14-3-1-2-4-16(14)27-8-12-5-6-13(28(29)30)7-15(12)26-17(27)9-31-20-18-19(23-10-22-18)24-11-25-20/h1-8,10-11,17H,9H2,(H,22,23,24,25). The van der Waals surface area contributed by atoms with Gasteiger partial charge in [0.2, 0.25) is 0 Å². The van der Waals surface area contributed by atoms with Gasteiger partial charge < -0.3 is 9.88 Å². The molecule has 0 radical (unpaired) electrons. The number of benzene rings is 2. The van der Waals surface area contributed by atoms with E-state index in [-0.39, 0.29) is 11.9 Å². The van der Waals surface area contributed by atoms with E-state index >= 15 is 0 Å². The van der Waals surface area contributed by atoms with Gasteiger partial charge in [-0.2, -0.15) is 0 Å². The molecule has 3 heterocycles. The van der Waals surface area contributed by atoms with Crippen molar-refractivity contribution in [2.24, 2.45) is 4.99 Å². The summed E-state index contributed by atoms with van der Waals surface area (Å²) in [4.78, 5) is 33.3. The Kier molecular flexibility index (Phi) is 5.00. The minimum Gasteiger partial charge on any atom is -0.341 e. The number of para-hydroxylation sites is 1. The van der Waals surface area contributed by atoms with Crippen molar-refractivity contribution in [1.82, 2.24) is 19.9 Å². The second-order valence-corrected chi connectivity index (χ2v) is 8.10. The van der Waals surface area contributed by atoms with Crippen LogP contribution in [-0.2, 0) is 0 Å². The van der Waals surface area contributed by atoms with Gasteiger partial charge in [0.15, 0.2) is 5.65 Å². The van der Waals surface area contributed by atoms with E-state index in [0.717, 1.165) is 21.4 Å². The fourth-order valence-corrected chi connectivity index (χ4v) is 4.53. The fraction of sp³-hybridized carbons (Fsp3) is 0.100. The van der Waals surface area contributed by atoms with Gasteiger partial charge in [-0.3, -0.25) is 15.1 Å². The van der Waals surface area contributed by atoms with Crippen molar-refractivity contribution in [3.8, 4) is 0 Å². The molecular weight excluding hydrogens is 438 g/mol. The number of hydrogen-bond acceptors (Lipinski definition) is 8. The zero-order chi connectivity index (χ0) is 21.4. The quantitative estimate of drug-likeness (QED) is 0.215. The molecule has 2 aromatic carbocycles. The van der Waals surface area contributed by atoms with E-state index in [2.05, 4.69) is 19.9 Å². The average Bonchev–Trinajstić information content (AvgIpc) is 3.26. The average molecular weight is 452 g/mol. The Hall–Kier alpha value is -3.50. The maximum absolute atomic E-state index is 11.2. The molecule has 0 fully saturated rings. The molecule has 11 heteroatoms. The third-order valence-electron chi connectivity index (χ3n) is 4.80. The van der Waals surface area contributed by atoms with Gasteiger partial charge in [-0.1, -0.05) is 35.5 Å². The van der Waals surface area contributed by atoms with E-state index in [1.54, 1.807) is 12.4 Å². The molecule has 4 aromatic rings. The molecule has 1 unspecified atom stereocenters. The summed E-state index contributed by atoms with van der Waals surface area (Å²) in [7, 11) is 0. The third-order valence-corrected chi connectivity index (χ3v) is 6.17. The normalized spacial score (nSPS) is 15.3. The molecule has 0 saturated carbocycles. The number of thioether (sulfide) groups is 1. The SMILES string of the molecule is O=[N+]([O-])c1ccc2c(c1)=NC(CSc1ncnc3nc[nH]c13)N(c1ccccc1Cl)C=2. The highest BCUT2D eigenvalue weighted by atomic mass is 35.5. The molecule has 5 rings (SSSR count). The van der Waals surface area contributed by atoms with E-state index in [4.69, 9.17) is 16.6 Å². The first-order valence-corrected chi connectivity index (χ1v) is 10.6. The van der Waals surface area contributed by atoms with E-state index in [9.17, 15) is 10.1 Å². The van der Waals surface area contributed by atoms with Crippen LogP contribution in [0, 0.1) is 10.1 Å². The number of nitrogens with zero attached hydrogens (tertiary/aromatic N) is 6. The lowest BCUT2D eigenvalue weighted by Crippen LogP contribution is -2.43. The van der Waals surface area contributed by atoms with Crippen molar-refractivity contribution in [2.75, 3.05) is 10.7 Å². The number of anilines is 1. The number of nitrogens with one attached hydrogen (secondary N) is 1. The number of imidazole rings is 1. The molecule has 154 valence electrons. The Bertz CT molecular complexity index is 1420. The molecule has 1 N–H and O–H groups in total. The molecule has 1 atom stereocenters. The lowest BCUT2D eigenvalue weighted by atomic mass is 10.2. The number of aromatic amines is 1. The summed E-state index contributed by atoms with van der Waals surface area (Å²) in [6.07, 6.45) is 4.62. The van der Waals surface area contributed by atoms with Crippen LogP contribution in [0.25, 0.3) is 17.4 Å². The fourth-order valence-electron chi connectivity index (χ4n) is 3.34. The second kappa shape index (κ2) is 7.97. The van der Waals surface area contributed by atoms with Gasteiger partial charge in [0.05, 0.1) is 27.3 Å². The second-order valence-electron chi connectivity index (χ2n) is 6.69. The van der Waals surface area contributed by atoms with E-state index in [1.165, 1.54) is 30.2 Å². The summed E-state index contributed by atoms with van der Waals surface area (Å²) in [5, 5.41) is 13.9. The molecule has 1 aliphatic rings. The number of fused-ring (bicyclic) bond motifs is 2. The topological polar surface area (TPSA) is 113 Å². The Balaban J connectivity index is 1.56. The van der Waals surface area contributed by atoms with Crippen LogP contribution in [0.5, 0.6) is 0 Å². The zero-order valence-corrected chi connectivity index (χ0v) is 17.4. The van der Waals surface area contributed by atoms with Crippen molar-refractivity contribution >= 4 is 52.1 Å². The summed E-state index contributed by atoms with van der Waals surface area (Å²) in [6, 6.07) is 12.2. The number of nitro groups is 1. The van der Waals surface area contributed by atoms with E-state index < -0.39 is 4.92 Å². The summed E-state index contributed by atoms with van der Waals surface area (Å²) in [6.45, 7) is 0. The van der Waals surface area contributed by atoms with Gasteiger partial charge in [0, 0.05) is 29.3 Å². The van der Waals surface area contributed by atoms with Crippen LogP contribution in [0.1, 0.15) is 0 Å². The predicted octanol–water partition coefficient (Wildman–Crippen LogP) is 2.91. The van der Waals surface area contributed by atoms with Crippen LogP contribution in [0.2, 0.25) is 5.02 Å². The van der Waals surface area contributed by atoms with Gasteiger partial charge in [0.1, 0.15) is 23.0 Å². The molecular formula is C20H14ClN7O2S. The van der Waals surface area contributed by atoms with Gasteiger partial charge in [-0.05, 0) is 18.2 Å². The summed E-state index contributed by atoms with van der Waals surface area (Å²) in [5.41, 5.74) is 2.15. The minimum absolute atomic E-state index is 0.00321. The molecule has 0 aliphatic carbocycles. The van der Waals surface area contributed by atoms with Crippen molar-refractivity contribution in [2.45, 2.75) is 11.2 Å². The lowest BCUT2D eigenvalue weighted by molar-refractivity contribution is -0.385. The maximum atomic E-state index is 11.2. The molecule has 0 amide bonds. The predicted molar refractivity (Wildman–Crippen MR) is 118 cm³/mol. The smallest absolute Gasteiger partial charge is 0.271 e.